The molecular weight excluding hydrogens is 358 g/mol. The molecule has 4 heterocycles. The molecule has 27 heavy (non-hydrogen) atoms. The number of nitrogens with zero attached hydrogens (tertiary/aromatic N) is 5. The van der Waals surface area contributed by atoms with Gasteiger partial charge in [0.15, 0.2) is 0 Å². The first-order valence-corrected chi connectivity index (χ1v) is 10.1. The number of hydrogen-bond acceptors (Lipinski definition) is 5. The minimum atomic E-state index is 0.105. The van der Waals surface area contributed by atoms with E-state index in [0.717, 1.165) is 52.9 Å². The van der Waals surface area contributed by atoms with Gasteiger partial charge in [-0.2, -0.15) is 0 Å². The summed E-state index contributed by atoms with van der Waals surface area (Å²) in [6.07, 6.45) is 9.58. The Balaban J connectivity index is 1.51. The molecule has 0 aromatic carbocycles. The topological polar surface area (TPSA) is 63.9 Å². The van der Waals surface area contributed by atoms with E-state index in [1.807, 2.05) is 43.4 Å². The Labute approximate surface area is 162 Å². The van der Waals surface area contributed by atoms with Crippen LogP contribution in [0.25, 0.3) is 0 Å². The lowest BCUT2D eigenvalue weighted by Gasteiger charge is -2.32. The highest BCUT2D eigenvalue weighted by molar-refractivity contribution is 7.13. The molecule has 3 aromatic rings. The summed E-state index contributed by atoms with van der Waals surface area (Å²) in [5.74, 6) is 1.41. The Morgan fingerprint density at radius 3 is 2.96 bits per heavy atom. The quantitative estimate of drug-likeness (QED) is 0.695. The molecule has 1 atom stereocenters. The van der Waals surface area contributed by atoms with Gasteiger partial charge in [0.05, 0.1) is 17.2 Å². The predicted octanol–water partition coefficient (Wildman–Crippen LogP) is 3.42. The summed E-state index contributed by atoms with van der Waals surface area (Å²) < 4.78 is 2.18. The van der Waals surface area contributed by atoms with Gasteiger partial charge in [0, 0.05) is 43.8 Å². The molecule has 6 nitrogen and oxygen atoms in total. The lowest BCUT2D eigenvalue weighted by atomic mass is 9.96. The molecule has 7 heteroatoms. The highest BCUT2D eigenvalue weighted by Gasteiger charge is 2.29. The first kappa shape index (κ1) is 17.9. The first-order valence-electron chi connectivity index (χ1n) is 9.25. The van der Waals surface area contributed by atoms with Crippen LogP contribution in [-0.4, -0.2) is 43.4 Å². The molecule has 0 saturated carbocycles. The number of hydrogen-bond donors (Lipinski definition) is 0. The standard InChI is InChI=1S/C20H23N5OS/c1-14-18(27-15(2)23-14)20(26)25-9-4-6-17(13-25)19-22-8-10-24(19)12-16-5-3-7-21-11-16/h3,5,7-8,10-11,17H,4,6,9,12-13H2,1-2H3/t17-/m0/s1. The van der Waals surface area contributed by atoms with E-state index in [4.69, 9.17) is 0 Å². The van der Waals surface area contributed by atoms with E-state index in [-0.39, 0.29) is 11.8 Å². The first-order chi connectivity index (χ1) is 13.1. The predicted molar refractivity (Wildman–Crippen MR) is 105 cm³/mol. The van der Waals surface area contributed by atoms with E-state index in [9.17, 15) is 4.79 Å². The van der Waals surface area contributed by atoms with Crippen molar-refractivity contribution in [2.24, 2.45) is 0 Å². The van der Waals surface area contributed by atoms with Crippen molar-refractivity contribution in [3.8, 4) is 0 Å². The van der Waals surface area contributed by atoms with Crippen LogP contribution in [0, 0.1) is 13.8 Å². The summed E-state index contributed by atoms with van der Waals surface area (Å²) in [5, 5.41) is 0.941. The smallest absolute Gasteiger partial charge is 0.265 e. The van der Waals surface area contributed by atoms with Gasteiger partial charge in [-0.25, -0.2) is 9.97 Å². The Morgan fingerprint density at radius 2 is 2.22 bits per heavy atom. The number of amides is 1. The highest BCUT2D eigenvalue weighted by atomic mass is 32.1. The van der Waals surface area contributed by atoms with Gasteiger partial charge in [-0.05, 0) is 38.3 Å². The summed E-state index contributed by atoms with van der Waals surface area (Å²) in [7, 11) is 0. The number of rotatable bonds is 4. The SMILES string of the molecule is Cc1nc(C)c(C(=O)N2CCC[C@H](c3nccn3Cc3cccnc3)C2)s1. The number of aryl methyl sites for hydroxylation is 2. The van der Waals surface area contributed by atoms with Crippen LogP contribution in [0.3, 0.4) is 0 Å². The van der Waals surface area contributed by atoms with E-state index < -0.39 is 0 Å². The fraction of sp³-hybridized carbons (Fsp3) is 0.400. The van der Waals surface area contributed by atoms with Crippen LogP contribution in [0.1, 0.15) is 50.5 Å². The van der Waals surface area contributed by atoms with Crippen molar-refractivity contribution in [3.63, 3.8) is 0 Å². The monoisotopic (exact) mass is 381 g/mol. The molecule has 1 saturated heterocycles. The van der Waals surface area contributed by atoms with Gasteiger partial charge >= 0.3 is 0 Å². The number of carbonyl (C=O) groups is 1. The molecule has 4 rings (SSSR count). The summed E-state index contributed by atoms with van der Waals surface area (Å²) >= 11 is 1.49. The average molecular weight is 382 g/mol. The third kappa shape index (κ3) is 3.78. The number of thiazole rings is 1. The van der Waals surface area contributed by atoms with Gasteiger partial charge in [0.2, 0.25) is 0 Å². The molecule has 0 unspecified atom stereocenters. The summed E-state index contributed by atoms with van der Waals surface area (Å²) in [5.41, 5.74) is 1.99. The fourth-order valence-electron chi connectivity index (χ4n) is 3.75. The zero-order chi connectivity index (χ0) is 18.8. The molecule has 3 aromatic heterocycles. The summed E-state index contributed by atoms with van der Waals surface area (Å²) in [6, 6.07) is 4.02. The van der Waals surface area contributed by atoms with Crippen LogP contribution in [0.4, 0.5) is 0 Å². The van der Waals surface area contributed by atoms with Crippen LogP contribution >= 0.6 is 11.3 Å². The van der Waals surface area contributed by atoms with Gasteiger partial charge in [0.1, 0.15) is 10.7 Å². The Hall–Kier alpha value is -2.54. The molecule has 0 radical (unpaired) electrons. The Bertz CT molecular complexity index is 933. The van der Waals surface area contributed by atoms with E-state index in [0.29, 0.717) is 6.54 Å². The number of likely N-dealkylation sites (tertiary alicyclic amines) is 1. The molecule has 0 bridgehead atoms. The lowest BCUT2D eigenvalue weighted by Crippen LogP contribution is -2.39. The lowest BCUT2D eigenvalue weighted by molar-refractivity contribution is 0.0707. The number of piperidine rings is 1. The maximum Gasteiger partial charge on any atom is 0.265 e. The molecule has 1 fully saturated rings. The van der Waals surface area contributed by atoms with Crippen LogP contribution in [0.2, 0.25) is 0 Å². The van der Waals surface area contributed by atoms with Crippen molar-refractivity contribution >= 4 is 17.2 Å². The minimum Gasteiger partial charge on any atom is -0.337 e. The van der Waals surface area contributed by atoms with E-state index in [1.54, 1.807) is 6.20 Å². The maximum atomic E-state index is 13.0. The molecule has 0 spiro atoms. The maximum absolute atomic E-state index is 13.0. The Morgan fingerprint density at radius 1 is 1.33 bits per heavy atom. The average Bonchev–Trinajstić information content (AvgIpc) is 3.28. The molecule has 0 N–H and O–H groups in total. The molecule has 0 aliphatic carbocycles. The second-order valence-corrected chi connectivity index (χ2v) is 8.22. The van der Waals surface area contributed by atoms with Gasteiger partial charge in [-0.3, -0.25) is 9.78 Å². The fourth-order valence-corrected chi connectivity index (χ4v) is 4.64. The van der Waals surface area contributed by atoms with Crippen molar-refractivity contribution in [1.82, 2.24) is 24.4 Å². The van der Waals surface area contributed by atoms with Crippen LogP contribution in [0.5, 0.6) is 0 Å². The van der Waals surface area contributed by atoms with Crippen molar-refractivity contribution in [3.05, 3.63) is 63.9 Å². The van der Waals surface area contributed by atoms with Gasteiger partial charge < -0.3 is 9.47 Å². The summed E-state index contributed by atoms with van der Waals surface area (Å²) in [4.78, 5) is 28.9. The van der Waals surface area contributed by atoms with E-state index >= 15 is 0 Å². The normalized spacial score (nSPS) is 17.3. The number of imidazole rings is 1. The molecule has 1 aliphatic heterocycles. The van der Waals surface area contributed by atoms with Crippen LogP contribution < -0.4 is 0 Å². The molecule has 1 amide bonds. The van der Waals surface area contributed by atoms with Crippen molar-refractivity contribution in [1.29, 1.82) is 0 Å². The van der Waals surface area contributed by atoms with Crippen LogP contribution in [0.15, 0.2) is 36.9 Å². The molecular formula is C20H23N5OS. The third-order valence-corrected chi connectivity index (χ3v) is 6.06. The van der Waals surface area contributed by atoms with Gasteiger partial charge in [-0.15, -0.1) is 11.3 Å². The third-order valence-electron chi connectivity index (χ3n) is 4.99. The Kier molecular flexibility index (Phi) is 5.03. The zero-order valence-electron chi connectivity index (χ0n) is 15.6. The second-order valence-electron chi connectivity index (χ2n) is 7.01. The van der Waals surface area contributed by atoms with Crippen molar-refractivity contribution in [2.75, 3.05) is 13.1 Å². The van der Waals surface area contributed by atoms with Crippen LogP contribution in [-0.2, 0) is 6.54 Å². The zero-order valence-corrected chi connectivity index (χ0v) is 16.4. The number of aromatic nitrogens is 4. The highest BCUT2D eigenvalue weighted by Crippen LogP contribution is 2.29. The number of pyridine rings is 1. The van der Waals surface area contributed by atoms with Gasteiger partial charge in [-0.1, -0.05) is 6.07 Å². The van der Waals surface area contributed by atoms with E-state index in [1.165, 1.54) is 11.3 Å². The van der Waals surface area contributed by atoms with Crippen molar-refractivity contribution in [2.45, 2.75) is 39.2 Å². The molecule has 1 aliphatic rings. The second kappa shape index (κ2) is 7.60. The molecule has 140 valence electrons. The largest absolute Gasteiger partial charge is 0.337 e. The van der Waals surface area contributed by atoms with Crippen molar-refractivity contribution < 1.29 is 4.79 Å². The van der Waals surface area contributed by atoms with E-state index in [2.05, 4.69) is 25.6 Å². The van der Waals surface area contributed by atoms with Gasteiger partial charge in [0.25, 0.3) is 5.91 Å². The summed E-state index contributed by atoms with van der Waals surface area (Å²) in [6.45, 7) is 6.12. The minimum absolute atomic E-state index is 0.105. The number of carbonyl (C=O) groups excluding carboxylic acids is 1.